The molecular formula is C40H33ClF2N10O6. The molecule has 0 fully saturated rings. The highest BCUT2D eigenvalue weighted by molar-refractivity contribution is 6.28. The van der Waals surface area contributed by atoms with E-state index in [1.54, 1.807) is 18.5 Å². The standard InChI is InChI=1S/C20H16FN5O3.C13H10ClN3.C7H7FN2O3/c1-25-11-13(12-5-3-4-6-17(12)25)15-7-8-22-20(23-15)24-16-10-18(26(27)28)14(21)9-19(16)29-2;1-17-8-10(9-4-2-3-5-12(9)17)11-6-7-15-13(14)16-11;1-13-7-2-4(8)6(10(11)12)3-5(7)9/h3-11H,1-2H3,(H,22,23,24);2-8H,1H3;2-3H,9H2,1H3. The number of nitrogens with zero attached hydrogens (tertiary/aromatic N) is 8. The fourth-order valence-electron chi connectivity index (χ4n) is 6.09. The van der Waals surface area contributed by atoms with Crippen LogP contribution < -0.4 is 20.5 Å². The number of hydrogen-bond donors (Lipinski definition) is 2. The first kappa shape index (κ1) is 40.9. The monoisotopic (exact) mass is 822 g/mol. The number of nitrogens with one attached hydrogen (secondary N) is 1. The highest BCUT2D eigenvalue weighted by Gasteiger charge is 2.20. The van der Waals surface area contributed by atoms with Gasteiger partial charge in [0.1, 0.15) is 11.5 Å². The zero-order chi connectivity index (χ0) is 42.4. The first-order chi connectivity index (χ1) is 28.3. The molecule has 4 heterocycles. The molecule has 19 heteroatoms. The van der Waals surface area contributed by atoms with Crippen molar-refractivity contribution in [3.8, 4) is 34.0 Å². The molecule has 0 unspecified atom stereocenters. The molecule has 0 amide bonds. The Labute approximate surface area is 338 Å². The number of para-hydroxylation sites is 2. The Morgan fingerprint density at radius 2 is 1.20 bits per heavy atom. The lowest BCUT2D eigenvalue weighted by Crippen LogP contribution is -2.02. The van der Waals surface area contributed by atoms with Gasteiger partial charge in [0.2, 0.25) is 22.9 Å². The van der Waals surface area contributed by atoms with Crippen LogP contribution in [0.5, 0.6) is 11.5 Å². The van der Waals surface area contributed by atoms with Gasteiger partial charge >= 0.3 is 11.4 Å². The van der Waals surface area contributed by atoms with Gasteiger partial charge in [-0.2, -0.15) is 8.78 Å². The third-order valence-electron chi connectivity index (χ3n) is 8.84. The van der Waals surface area contributed by atoms with Crippen molar-refractivity contribution >= 4 is 62.1 Å². The van der Waals surface area contributed by atoms with Crippen molar-refractivity contribution in [3.63, 3.8) is 0 Å². The molecule has 59 heavy (non-hydrogen) atoms. The van der Waals surface area contributed by atoms with E-state index in [1.807, 2.05) is 67.3 Å². The van der Waals surface area contributed by atoms with Crippen LogP contribution in [0.3, 0.4) is 0 Å². The first-order valence-electron chi connectivity index (χ1n) is 17.3. The van der Waals surface area contributed by atoms with Gasteiger partial charge in [-0.1, -0.05) is 36.4 Å². The number of ether oxygens (including phenoxy) is 2. The van der Waals surface area contributed by atoms with Gasteiger partial charge in [-0.15, -0.1) is 0 Å². The van der Waals surface area contributed by atoms with Crippen LogP contribution in [0.25, 0.3) is 44.3 Å². The molecule has 0 radical (unpaired) electrons. The van der Waals surface area contributed by atoms with Crippen LogP contribution in [-0.4, -0.2) is 53.1 Å². The van der Waals surface area contributed by atoms with Gasteiger partial charge in [0, 0.05) is 96.1 Å². The predicted octanol–water partition coefficient (Wildman–Crippen LogP) is 9.05. The molecule has 0 aliphatic carbocycles. The van der Waals surface area contributed by atoms with Gasteiger partial charge < -0.3 is 29.7 Å². The van der Waals surface area contributed by atoms with E-state index in [-0.39, 0.29) is 34.1 Å². The van der Waals surface area contributed by atoms with Crippen molar-refractivity contribution in [2.75, 3.05) is 25.3 Å². The van der Waals surface area contributed by atoms with E-state index in [4.69, 9.17) is 22.1 Å². The zero-order valence-corrected chi connectivity index (χ0v) is 32.4. The highest BCUT2D eigenvalue weighted by atomic mass is 35.5. The summed E-state index contributed by atoms with van der Waals surface area (Å²) in [6, 6.07) is 23.6. The van der Waals surface area contributed by atoms with Crippen LogP contribution in [0.4, 0.5) is 37.5 Å². The molecule has 4 aromatic carbocycles. The molecule has 0 bridgehead atoms. The fraction of sp³-hybridized carbons (Fsp3) is 0.100. The van der Waals surface area contributed by atoms with E-state index < -0.39 is 32.9 Å². The highest BCUT2D eigenvalue weighted by Crippen LogP contribution is 2.35. The van der Waals surface area contributed by atoms with E-state index in [9.17, 15) is 29.0 Å². The summed E-state index contributed by atoms with van der Waals surface area (Å²) in [6.45, 7) is 0. The van der Waals surface area contributed by atoms with Crippen molar-refractivity contribution in [1.29, 1.82) is 0 Å². The van der Waals surface area contributed by atoms with E-state index >= 15 is 0 Å². The summed E-state index contributed by atoms with van der Waals surface area (Å²) < 4.78 is 40.6. The number of methoxy groups -OCH3 is 2. The Hall–Kier alpha value is -7.73. The van der Waals surface area contributed by atoms with Crippen LogP contribution in [0.1, 0.15) is 0 Å². The van der Waals surface area contributed by atoms with Gasteiger partial charge in [0.25, 0.3) is 0 Å². The summed E-state index contributed by atoms with van der Waals surface area (Å²) >= 11 is 5.82. The minimum Gasteiger partial charge on any atom is -0.494 e. The van der Waals surface area contributed by atoms with Gasteiger partial charge in [0.15, 0.2) is 0 Å². The summed E-state index contributed by atoms with van der Waals surface area (Å²) in [5.41, 5.74) is 10.0. The topological polar surface area (TPSA) is 204 Å². The second-order valence-electron chi connectivity index (χ2n) is 12.5. The summed E-state index contributed by atoms with van der Waals surface area (Å²) in [4.78, 5) is 36.5. The smallest absolute Gasteiger partial charge is 0.307 e. The van der Waals surface area contributed by atoms with Crippen LogP contribution in [0.2, 0.25) is 5.28 Å². The predicted molar refractivity (Wildman–Crippen MR) is 220 cm³/mol. The number of nitrogen functional groups attached to an aromatic ring is 1. The number of aryl methyl sites for hydroxylation is 2. The summed E-state index contributed by atoms with van der Waals surface area (Å²) in [5.74, 6) is -1.55. The summed E-state index contributed by atoms with van der Waals surface area (Å²) in [5, 5.41) is 26.7. The number of hydrogen-bond acceptors (Lipinski definition) is 12. The van der Waals surface area contributed by atoms with E-state index in [2.05, 4.69) is 52.9 Å². The third-order valence-corrected chi connectivity index (χ3v) is 9.02. The maximum Gasteiger partial charge on any atom is 0.307 e. The largest absolute Gasteiger partial charge is 0.494 e. The van der Waals surface area contributed by atoms with Crippen LogP contribution >= 0.6 is 11.6 Å². The molecule has 0 saturated carbocycles. The lowest BCUT2D eigenvalue weighted by atomic mass is 10.1. The van der Waals surface area contributed by atoms with Gasteiger partial charge in [0.05, 0.1) is 46.8 Å². The van der Waals surface area contributed by atoms with Crippen molar-refractivity contribution in [1.82, 2.24) is 29.1 Å². The zero-order valence-electron chi connectivity index (χ0n) is 31.6. The second kappa shape index (κ2) is 17.6. The number of nitro groups is 2. The fourth-order valence-corrected chi connectivity index (χ4v) is 6.24. The van der Waals surface area contributed by atoms with E-state index in [0.717, 1.165) is 52.0 Å². The van der Waals surface area contributed by atoms with Crippen molar-refractivity contribution < 1.29 is 28.1 Å². The lowest BCUT2D eigenvalue weighted by Gasteiger charge is -2.11. The number of nitro benzene ring substituents is 2. The molecule has 4 aromatic heterocycles. The quantitative estimate of drug-likeness (QED) is 0.0638. The Morgan fingerprint density at radius 3 is 1.73 bits per heavy atom. The van der Waals surface area contributed by atoms with Crippen molar-refractivity contribution in [2.24, 2.45) is 14.1 Å². The number of aromatic nitrogens is 6. The number of benzene rings is 4. The van der Waals surface area contributed by atoms with E-state index in [0.29, 0.717) is 5.69 Å². The summed E-state index contributed by atoms with van der Waals surface area (Å²) in [7, 11) is 6.62. The molecule has 0 aliphatic heterocycles. The molecule has 8 aromatic rings. The first-order valence-corrected chi connectivity index (χ1v) is 17.6. The Bertz CT molecular complexity index is 2850. The number of fused-ring (bicyclic) bond motifs is 2. The minimum absolute atomic E-state index is 0.0376. The number of nitrogens with two attached hydrogens (primary N) is 1. The molecule has 0 aliphatic rings. The molecule has 300 valence electrons. The molecule has 0 atom stereocenters. The second-order valence-corrected chi connectivity index (χ2v) is 12.8. The number of anilines is 3. The molecule has 3 N–H and O–H groups in total. The molecular weight excluding hydrogens is 790 g/mol. The average molecular weight is 823 g/mol. The molecule has 8 rings (SSSR count). The van der Waals surface area contributed by atoms with E-state index in [1.165, 1.54) is 25.1 Å². The van der Waals surface area contributed by atoms with Gasteiger partial charge in [-0.25, -0.2) is 19.9 Å². The lowest BCUT2D eigenvalue weighted by molar-refractivity contribution is -0.387. The van der Waals surface area contributed by atoms with Crippen molar-refractivity contribution in [2.45, 2.75) is 0 Å². The van der Waals surface area contributed by atoms with Crippen LogP contribution in [0, 0.1) is 31.9 Å². The van der Waals surface area contributed by atoms with Gasteiger partial charge in [-0.05, 0) is 35.9 Å². The molecule has 16 nitrogen and oxygen atoms in total. The molecule has 0 saturated heterocycles. The maximum atomic E-state index is 13.9. The maximum absolute atomic E-state index is 13.9. The van der Waals surface area contributed by atoms with Crippen LogP contribution in [0.15, 0.2) is 110 Å². The minimum atomic E-state index is -0.983. The third kappa shape index (κ3) is 8.97. The Morgan fingerprint density at radius 1 is 0.712 bits per heavy atom. The SMILES string of the molecule is COc1cc(F)c([N+](=O)[O-])cc1N.COc1cc(F)c([N+](=O)[O-])cc1Nc1nccc(-c2cn(C)c3ccccc23)n1.Cn1cc(-c2ccnc(Cl)n2)c2ccccc21. The number of halogens is 3. The Kier molecular flexibility index (Phi) is 12.2. The Balaban J connectivity index is 0.000000165. The number of rotatable bonds is 8. The van der Waals surface area contributed by atoms with Crippen LogP contribution in [-0.2, 0) is 14.1 Å². The van der Waals surface area contributed by atoms with Gasteiger partial charge in [-0.3, -0.25) is 20.2 Å². The molecule has 0 spiro atoms. The summed E-state index contributed by atoms with van der Waals surface area (Å²) in [6.07, 6.45) is 7.28. The normalized spacial score (nSPS) is 10.6. The average Bonchev–Trinajstić information content (AvgIpc) is 3.75. The van der Waals surface area contributed by atoms with Crippen molar-refractivity contribution in [3.05, 3.63) is 147 Å².